The summed E-state index contributed by atoms with van der Waals surface area (Å²) >= 11 is 0. The Kier molecular flexibility index (Phi) is 3.74. The van der Waals surface area contributed by atoms with E-state index in [1.165, 1.54) is 0 Å². The van der Waals surface area contributed by atoms with Gasteiger partial charge in [-0.2, -0.15) is 0 Å². The van der Waals surface area contributed by atoms with Crippen LogP contribution in [0.3, 0.4) is 0 Å². The largest absolute Gasteiger partial charge is 0.481 e. The van der Waals surface area contributed by atoms with Crippen LogP contribution in [0.2, 0.25) is 0 Å². The third kappa shape index (κ3) is 2.64. The van der Waals surface area contributed by atoms with Crippen LogP contribution in [-0.2, 0) is 11.3 Å². The SMILES string of the molecule is O=C(O)C1CN(CCCF)Cc2ccccc21. The van der Waals surface area contributed by atoms with Crippen LogP contribution < -0.4 is 0 Å². The second-order valence-electron chi connectivity index (χ2n) is 4.37. The van der Waals surface area contributed by atoms with Crippen LogP contribution in [0.15, 0.2) is 24.3 Å². The number of nitrogens with zero attached hydrogens (tertiary/aromatic N) is 1. The summed E-state index contributed by atoms with van der Waals surface area (Å²) in [6, 6.07) is 7.61. The van der Waals surface area contributed by atoms with Crippen molar-refractivity contribution in [2.45, 2.75) is 18.9 Å². The second-order valence-corrected chi connectivity index (χ2v) is 4.37. The van der Waals surface area contributed by atoms with Crippen molar-refractivity contribution < 1.29 is 14.3 Å². The fourth-order valence-corrected chi connectivity index (χ4v) is 2.34. The molecule has 1 aromatic rings. The minimum atomic E-state index is -0.803. The number of carbonyl (C=O) groups is 1. The molecule has 0 aromatic heterocycles. The van der Waals surface area contributed by atoms with Gasteiger partial charge in [-0.15, -0.1) is 0 Å². The Morgan fingerprint density at radius 2 is 2.24 bits per heavy atom. The number of benzene rings is 1. The van der Waals surface area contributed by atoms with Gasteiger partial charge in [-0.25, -0.2) is 0 Å². The second kappa shape index (κ2) is 5.27. The summed E-state index contributed by atoms with van der Waals surface area (Å²) in [7, 11) is 0. The first kappa shape index (κ1) is 12.0. The average Bonchev–Trinajstić information content (AvgIpc) is 2.35. The summed E-state index contributed by atoms with van der Waals surface area (Å²) in [5.74, 6) is -1.29. The van der Waals surface area contributed by atoms with Gasteiger partial charge in [-0.3, -0.25) is 14.1 Å². The first-order valence-electron chi connectivity index (χ1n) is 5.81. The number of fused-ring (bicyclic) bond motifs is 1. The molecule has 0 aliphatic carbocycles. The predicted octanol–water partition coefficient (Wildman–Crippen LogP) is 2.03. The summed E-state index contributed by atoms with van der Waals surface area (Å²) in [6.07, 6.45) is 0.467. The number of rotatable bonds is 4. The number of carboxylic acid groups (broad SMARTS) is 1. The van der Waals surface area contributed by atoms with Gasteiger partial charge in [0.25, 0.3) is 0 Å². The molecule has 4 heteroatoms. The monoisotopic (exact) mass is 237 g/mol. The molecule has 1 atom stereocenters. The van der Waals surface area contributed by atoms with Gasteiger partial charge >= 0.3 is 5.97 Å². The van der Waals surface area contributed by atoms with Crippen molar-refractivity contribution in [3.8, 4) is 0 Å². The van der Waals surface area contributed by atoms with Gasteiger partial charge in [0.1, 0.15) is 0 Å². The molecule has 0 saturated carbocycles. The van der Waals surface area contributed by atoms with Crippen LogP contribution in [0.1, 0.15) is 23.5 Å². The zero-order chi connectivity index (χ0) is 12.3. The summed E-state index contributed by atoms with van der Waals surface area (Å²) in [5, 5.41) is 9.23. The lowest BCUT2D eigenvalue weighted by atomic mass is 9.90. The molecule has 2 rings (SSSR count). The van der Waals surface area contributed by atoms with Gasteiger partial charge in [0.05, 0.1) is 12.6 Å². The quantitative estimate of drug-likeness (QED) is 0.871. The van der Waals surface area contributed by atoms with E-state index in [0.29, 0.717) is 19.5 Å². The van der Waals surface area contributed by atoms with E-state index in [1.807, 2.05) is 29.2 Å². The highest BCUT2D eigenvalue weighted by Gasteiger charge is 2.29. The van der Waals surface area contributed by atoms with E-state index in [2.05, 4.69) is 0 Å². The zero-order valence-electron chi connectivity index (χ0n) is 9.60. The Morgan fingerprint density at radius 3 is 2.94 bits per heavy atom. The molecule has 1 aliphatic rings. The molecule has 1 N–H and O–H groups in total. The number of alkyl halides is 1. The van der Waals surface area contributed by atoms with Crippen molar-refractivity contribution in [1.82, 2.24) is 4.90 Å². The molecule has 92 valence electrons. The van der Waals surface area contributed by atoms with Crippen LogP contribution in [0.5, 0.6) is 0 Å². The molecule has 1 unspecified atom stereocenters. The molecule has 1 heterocycles. The molecule has 0 spiro atoms. The maximum Gasteiger partial charge on any atom is 0.312 e. The molecule has 0 radical (unpaired) electrons. The van der Waals surface area contributed by atoms with Gasteiger partial charge in [0.2, 0.25) is 0 Å². The minimum Gasteiger partial charge on any atom is -0.481 e. The van der Waals surface area contributed by atoms with E-state index in [0.717, 1.165) is 17.7 Å². The number of hydrogen-bond donors (Lipinski definition) is 1. The Hall–Kier alpha value is -1.42. The highest BCUT2D eigenvalue weighted by Crippen LogP contribution is 2.28. The standard InChI is InChI=1S/C13H16FNO2/c14-6-3-7-15-8-10-4-1-2-5-11(10)12(9-15)13(16)17/h1-2,4-5,12H,3,6-9H2,(H,16,17). The first-order chi connectivity index (χ1) is 8.22. The fraction of sp³-hybridized carbons (Fsp3) is 0.462. The number of halogens is 1. The molecule has 1 aliphatic heterocycles. The lowest BCUT2D eigenvalue weighted by Crippen LogP contribution is -2.37. The lowest BCUT2D eigenvalue weighted by molar-refractivity contribution is -0.139. The molecular formula is C13H16FNO2. The van der Waals surface area contributed by atoms with Crippen molar-refractivity contribution in [2.75, 3.05) is 19.8 Å². The number of hydrogen-bond acceptors (Lipinski definition) is 2. The van der Waals surface area contributed by atoms with Gasteiger partial charge in [0, 0.05) is 19.6 Å². The smallest absolute Gasteiger partial charge is 0.312 e. The third-order valence-corrected chi connectivity index (χ3v) is 3.17. The van der Waals surface area contributed by atoms with Gasteiger partial charge in [-0.05, 0) is 17.5 Å². The Labute approximate surface area is 99.9 Å². The lowest BCUT2D eigenvalue weighted by Gasteiger charge is -2.32. The predicted molar refractivity (Wildman–Crippen MR) is 62.7 cm³/mol. The van der Waals surface area contributed by atoms with Crippen LogP contribution in [-0.4, -0.2) is 35.7 Å². The molecular weight excluding hydrogens is 221 g/mol. The average molecular weight is 237 g/mol. The van der Waals surface area contributed by atoms with Crippen LogP contribution in [0, 0.1) is 0 Å². The normalized spacial score (nSPS) is 19.9. The van der Waals surface area contributed by atoms with Crippen LogP contribution in [0.4, 0.5) is 4.39 Å². The summed E-state index contributed by atoms with van der Waals surface area (Å²) in [6.45, 7) is 1.47. The summed E-state index contributed by atoms with van der Waals surface area (Å²) in [5.41, 5.74) is 1.95. The third-order valence-electron chi connectivity index (χ3n) is 3.17. The molecule has 0 bridgehead atoms. The fourth-order valence-electron chi connectivity index (χ4n) is 2.34. The Morgan fingerprint density at radius 1 is 1.47 bits per heavy atom. The maximum atomic E-state index is 12.2. The van der Waals surface area contributed by atoms with Gasteiger partial charge < -0.3 is 5.11 Å². The Bertz CT molecular complexity index is 408. The van der Waals surface area contributed by atoms with Crippen LogP contribution in [0.25, 0.3) is 0 Å². The van der Waals surface area contributed by atoms with E-state index in [1.54, 1.807) is 0 Å². The van der Waals surface area contributed by atoms with E-state index >= 15 is 0 Å². The number of aliphatic carboxylic acids is 1. The molecule has 1 aromatic carbocycles. The topological polar surface area (TPSA) is 40.5 Å². The van der Waals surface area contributed by atoms with E-state index in [9.17, 15) is 14.3 Å². The van der Waals surface area contributed by atoms with Gasteiger partial charge in [0.15, 0.2) is 0 Å². The number of carboxylic acids is 1. The van der Waals surface area contributed by atoms with E-state index < -0.39 is 11.9 Å². The van der Waals surface area contributed by atoms with Crippen molar-refractivity contribution in [2.24, 2.45) is 0 Å². The first-order valence-corrected chi connectivity index (χ1v) is 5.81. The van der Waals surface area contributed by atoms with Crippen molar-refractivity contribution >= 4 is 5.97 Å². The molecule has 3 nitrogen and oxygen atoms in total. The maximum absolute atomic E-state index is 12.2. The van der Waals surface area contributed by atoms with Crippen molar-refractivity contribution in [3.63, 3.8) is 0 Å². The Balaban J connectivity index is 2.20. The van der Waals surface area contributed by atoms with Crippen LogP contribution >= 0.6 is 0 Å². The molecule has 17 heavy (non-hydrogen) atoms. The van der Waals surface area contributed by atoms with Crippen molar-refractivity contribution in [3.05, 3.63) is 35.4 Å². The highest BCUT2D eigenvalue weighted by molar-refractivity contribution is 5.77. The molecule has 0 amide bonds. The van der Waals surface area contributed by atoms with E-state index in [4.69, 9.17) is 0 Å². The van der Waals surface area contributed by atoms with Crippen molar-refractivity contribution in [1.29, 1.82) is 0 Å². The zero-order valence-corrected chi connectivity index (χ0v) is 9.60. The molecule has 0 fully saturated rings. The van der Waals surface area contributed by atoms with Gasteiger partial charge in [-0.1, -0.05) is 24.3 Å². The summed E-state index contributed by atoms with van der Waals surface area (Å²) in [4.78, 5) is 13.3. The summed E-state index contributed by atoms with van der Waals surface area (Å²) < 4.78 is 12.2. The highest BCUT2D eigenvalue weighted by atomic mass is 19.1. The van der Waals surface area contributed by atoms with E-state index in [-0.39, 0.29) is 6.67 Å². The molecule has 0 saturated heterocycles. The minimum absolute atomic E-state index is 0.351.